The maximum atomic E-state index is 13.1. The summed E-state index contributed by atoms with van der Waals surface area (Å²) in [6, 6.07) is 4.24. The summed E-state index contributed by atoms with van der Waals surface area (Å²) in [5.41, 5.74) is 1.75. The maximum absolute atomic E-state index is 13.1. The molecule has 0 bridgehead atoms. The van der Waals surface area contributed by atoms with Crippen molar-refractivity contribution in [1.82, 2.24) is 15.1 Å². The number of rotatable bonds is 3. The van der Waals surface area contributed by atoms with Crippen LogP contribution in [-0.2, 0) is 7.05 Å². The second-order valence-electron chi connectivity index (χ2n) is 3.89. The van der Waals surface area contributed by atoms with Crippen LogP contribution in [0.15, 0.2) is 28.9 Å². The van der Waals surface area contributed by atoms with E-state index in [0.29, 0.717) is 5.02 Å². The van der Waals surface area contributed by atoms with Gasteiger partial charge in [0.05, 0.1) is 22.4 Å². The van der Waals surface area contributed by atoms with Crippen LogP contribution in [-0.4, -0.2) is 16.8 Å². The summed E-state index contributed by atoms with van der Waals surface area (Å²) in [5.74, 6) is -0.345. The fraction of sp³-hybridized carbons (Fsp3) is 0.250. The highest BCUT2D eigenvalue weighted by Gasteiger charge is 2.21. The van der Waals surface area contributed by atoms with Gasteiger partial charge in [-0.3, -0.25) is 4.68 Å². The quantitative estimate of drug-likeness (QED) is 0.935. The van der Waals surface area contributed by atoms with Gasteiger partial charge >= 0.3 is 0 Å². The Morgan fingerprint density at radius 3 is 2.72 bits per heavy atom. The number of hydrogen-bond donors (Lipinski definition) is 1. The molecule has 0 saturated heterocycles. The van der Waals surface area contributed by atoms with Gasteiger partial charge in [0.25, 0.3) is 0 Å². The fourth-order valence-electron chi connectivity index (χ4n) is 1.92. The molecule has 6 heteroatoms. The lowest BCUT2D eigenvalue weighted by atomic mass is 10.0. The summed E-state index contributed by atoms with van der Waals surface area (Å²) < 4.78 is 15.7. The van der Waals surface area contributed by atoms with Crippen LogP contribution in [0.4, 0.5) is 4.39 Å². The number of hydrogen-bond acceptors (Lipinski definition) is 2. The first kappa shape index (κ1) is 13.5. The van der Waals surface area contributed by atoms with E-state index in [-0.39, 0.29) is 11.9 Å². The van der Waals surface area contributed by atoms with Crippen LogP contribution < -0.4 is 5.32 Å². The first-order valence-corrected chi connectivity index (χ1v) is 6.51. The average Bonchev–Trinajstić information content (AvgIpc) is 2.64. The molecule has 1 N–H and O–H groups in total. The summed E-state index contributed by atoms with van der Waals surface area (Å²) in [7, 11) is 3.67. The van der Waals surface area contributed by atoms with Crippen LogP contribution in [0.5, 0.6) is 0 Å². The van der Waals surface area contributed by atoms with E-state index in [9.17, 15) is 4.39 Å². The van der Waals surface area contributed by atoms with Crippen molar-refractivity contribution < 1.29 is 4.39 Å². The summed E-state index contributed by atoms with van der Waals surface area (Å²) in [5, 5.41) is 7.73. The largest absolute Gasteiger partial charge is 0.308 e. The molecule has 1 atom stereocenters. The Labute approximate surface area is 118 Å². The Bertz CT molecular complexity index is 551. The monoisotopic (exact) mass is 331 g/mol. The fourth-order valence-corrected chi connectivity index (χ4v) is 2.77. The van der Waals surface area contributed by atoms with Crippen LogP contribution in [0.1, 0.15) is 17.3 Å². The number of aryl methyl sites for hydroxylation is 1. The van der Waals surface area contributed by atoms with Gasteiger partial charge in [-0.1, -0.05) is 17.7 Å². The molecule has 1 aromatic carbocycles. The zero-order chi connectivity index (χ0) is 13.3. The third-order valence-electron chi connectivity index (χ3n) is 2.77. The Hall–Kier alpha value is -0.910. The minimum atomic E-state index is -0.345. The zero-order valence-corrected chi connectivity index (χ0v) is 12.3. The molecule has 3 nitrogen and oxygen atoms in total. The van der Waals surface area contributed by atoms with Crippen LogP contribution in [0.3, 0.4) is 0 Å². The van der Waals surface area contributed by atoms with E-state index in [4.69, 9.17) is 11.6 Å². The smallest absolute Gasteiger partial charge is 0.124 e. The van der Waals surface area contributed by atoms with Crippen LogP contribution in [0.25, 0.3) is 0 Å². The maximum Gasteiger partial charge on any atom is 0.124 e. The van der Waals surface area contributed by atoms with Crippen LogP contribution in [0, 0.1) is 5.82 Å². The lowest BCUT2D eigenvalue weighted by Crippen LogP contribution is -2.21. The molecule has 1 heterocycles. The van der Waals surface area contributed by atoms with Gasteiger partial charge in [-0.15, -0.1) is 0 Å². The molecule has 0 aliphatic carbocycles. The normalized spacial score (nSPS) is 12.7. The van der Waals surface area contributed by atoms with E-state index >= 15 is 0 Å². The van der Waals surface area contributed by atoms with Crippen molar-refractivity contribution in [3.8, 4) is 0 Å². The summed E-state index contributed by atoms with van der Waals surface area (Å²) in [4.78, 5) is 0. The van der Waals surface area contributed by atoms with E-state index in [1.54, 1.807) is 16.9 Å². The highest BCUT2D eigenvalue weighted by atomic mass is 79.9. The molecule has 0 aliphatic rings. The third kappa shape index (κ3) is 2.43. The minimum Gasteiger partial charge on any atom is -0.308 e. The zero-order valence-electron chi connectivity index (χ0n) is 9.92. The van der Waals surface area contributed by atoms with Gasteiger partial charge in [0.15, 0.2) is 0 Å². The average molecular weight is 333 g/mol. The molecular weight excluding hydrogens is 321 g/mol. The predicted molar refractivity (Wildman–Crippen MR) is 73.2 cm³/mol. The molecule has 0 radical (unpaired) electrons. The van der Waals surface area contributed by atoms with Gasteiger partial charge < -0.3 is 5.32 Å². The Kier molecular flexibility index (Phi) is 4.04. The van der Waals surface area contributed by atoms with Gasteiger partial charge in [-0.05, 0) is 40.7 Å². The second kappa shape index (κ2) is 5.38. The molecule has 0 spiro atoms. The number of halogens is 3. The Morgan fingerprint density at radius 1 is 1.50 bits per heavy atom. The molecule has 0 saturated carbocycles. The van der Waals surface area contributed by atoms with E-state index in [0.717, 1.165) is 15.7 Å². The molecule has 1 unspecified atom stereocenters. The number of benzene rings is 1. The SMILES string of the molecule is CNC(c1ccc(F)cc1Cl)c1c(Br)cnn1C. The van der Waals surface area contributed by atoms with Gasteiger partial charge in [-0.2, -0.15) is 5.10 Å². The van der Waals surface area contributed by atoms with Crippen molar-refractivity contribution >= 4 is 27.5 Å². The summed E-state index contributed by atoms with van der Waals surface area (Å²) in [6.07, 6.45) is 1.72. The molecule has 2 rings (SSSR count). The van der Waals surface area contributed by atoms with Crippen molar-refractivity contribution in [3.63, 3.8) is 0 Å². The van der Waals surface area contributed by atoms with E-state index in [1.807, 2.05) is 14.1 Å². The molecule has 2 aromatic rings. The number of nitrogens with zero attached hydrogens (tertiary/aromatic N) is 2. The topological polar surface area (TPSA) is 29.9 Å². The highest BCUT2D eigenvalue weighted by Crippen LogP contribution is 2.32. The standard InChI is InChI=1S/C12H12BrClFN3/c1-16-11(12-9(13)6-17-18(12)2)8-4-3-7(15)5-10(8)14/h3-6,11,16H,1-2H3. The molecule has 18 heavy (non-hydrogen) atoms. The first-order chi connectivity index (χ1) is 8.54. The van der Waals surface area contributed by atoms with Crippen molar-refractivity contribution in [3.05, 3.63) is 51.0 Å². The molecule has 96 valence electrons. The van der Waals surface area contributed by atoms with E-state index < -0.39 is 0 Å². The van der Waals surface area contributed by atoms with Crippen molar-refractivity contribution in [1.29, 1.82) is 0 Å². The second-order valence-corrected chi connectivity index (χ2v) is 5.15. The molecular formula is C12H12BrClFN3. The third-order valence-corrected chi connectivity index (χ3v) is 3.71. The lowest BCUT2D eigenvalue weighted by Gasteiger charge is -2.19. The minimum absolute atomic E-state index is 0.153. The predicted octanol–water partition coefficient (Wildman–Crippen LogP) is 3.28. The highest BCUT2D eigenvalue weighted by molar-refractivity contribution is 9.10. The van der Waals surface area contributed by atoms with Gasteiger partial charge in [0.2, 0.25) is 0 Å². The first-order valence-electron chi connectivity index (χ1n) is 5.34. The Morgan fingerprint density at radius 2 is 2.22 bits per heavy atom. The van der Waals surface area contributed by atoms with Crippen molar-refractivity contribution in [2.24, 2.45) is 7.05 Å². The molecule has 0 aliphatic heterocycles. The number of aromatic nitrogens is 2. The molecule has 0 amide bonds. The van der Waals surface area contributed by atoms with E-state index in [1.165, 1.54) is 12.1 Å². The van der Waals surface area contributed by atoms with E-state index in [2.05, 4.69) is 26.3 Å². The van der Waals surface area contributed by atoms with Gasteiger partial charge in [0, 0.05) is 12.1 Å². The Balaban J connectivity index is 2.52. The van der Waals surface area contributed by atoms with Crippen LogP contribution in [0.2, 0.25) is 5.02 Å². The van der Waals surface area contributed by atoms with Gasteiger partial charge in [0.1, 0.15) is 5.82 Å². The van der Waals surface area contributed by atoms with Crippen molar-refractivity contribution in [2.45, 2.75) is 6.04 Å². The summed E-state index contributed by atoms with van der Waals surface area (Å²) in [6.45, 7) is 0. The van der Waals surface area contributed by atoms with Crippen LogP contribution >= 0.6 is 27.5 Å². The number of nitrogens with one attached hydrogen (secondary N) is 1. The molecule has 0 fully saturated rings. The summed E-state index contributed by atoms with van der Waals surface area (Å²) >= 11 is 9.55. The lowest BCUT2D eigenvalue weighted by molar-refractivity contribution is 0.598. The molecule has 1 aromatic heterocycles. The van der Waals surface area contributed by atoms with Gasteiger partial charge in [-0.25, -0.2) is 4.39 Å². The van der Waals surface area contributed by atoms with Crippen molar-refractivity contribution in [2.75, 3.05) is 7.05 Å².